The minimum absolute atomic E-state index is 0.000960. The van der Waals surface area contributed by atoms with E-state index in [0.29, 0.717) is 30.1 Å². The van der Waals surface area contributed by atoms with Gasteiger partial charge in [0.25, 0.3) is 0 Å². The summed E-state index contributed by atoms with van der Waals surface area (Å²) in [6.07, 6.45) is 1.22. The van der Waals surface area contributed by atoms with Gasteiger partial charge in [0.2, 0.25) is 11.9 Å². The summed E-state index contributed by atoms with van der Waals surface area (Å²) >= 11 is 0. The number of aryl methyl sites for hydroxylation is 1. The van der Waals surface area contributed by atoms with Gasteiger partial charge in [0, 0.05) is 45.3 Å². The van der Waals surface area contributed by atoms with Crippen molar-refractivity contribution in [2.75, 3.05) is 55.4 Å². The third-order valence-electron chi connectivity index (χ3n) is 6.71. The number of urea groups is 1. The monoisotopic (exact) mass is 549 g/mol. The van der Waals surface area contributed by atoms with Gasteiger partial charge in [-0.25, -0.2) is 14.2 Å². The molecule has 2 aromatic carbocycles. The topological polar surface area (TPSA) is 116 Å². The van der Waals surface area contributed by atoms with E-state index >= 15 is 0 Å². The summed E-state index contributed by atoms with van der Waals surface area (Å²) in [7, 11) is 1.74. The van der Waals surface area contributed by atoms with Gasteiger partial charge in [-0.05, 0) is 48.2 Å². The van der Waals surface area contributed by atoms with Crippen molar-refractivity contribution in [2.24, 2.45) is 5.41 Å². The van der Waals surface area contributed by atoms with Gasteiger partial charge in [-0.3, -0.25) is 15.0 Å². The Morgan fingerprint density at radius 1 is 1.12 bits per heavy atom. The van der Waals surface area contributed by atoms with Gasteiger partial charge < -0.3 is 19.5 Å². The number of halogens is 1. The molecule has 40 heavy (non-hydrogen) atoms. The molecule has 0 saturated carbocycles. The van der Waals surface area contributed by atoms with Crippen molar-refractivity contribution in [1.82, 2.24) is 14.5 Å². The third-order valence-corrected chi connectivity index (χ3v) is 6.71. The predicted molar refractivity (Wildman–Crippen MR) is 153 cm³/mol. The number of amides is 3. The number of anilines is 3. The number of nitriles is 1. The number of nitrogens with zero attached hydrogens (tertiary/aromatic N) is 5. The molecule has 0 bridgehead atoms. The Hall–Kier alpha value is -4.01. The number of imidazole rings is 1. The Balaban J connectivity index is 1.57. The Labute approximate surface area is 233 Å². The molecule has 2 N–H and O–H groups in total. The number of fused-ring (bicyclic) bond motifs is 1. The molecule has 0 aliphatic carbocycles. The van der Waals surface area contributed by atoms with Crippen LogP contribution in [-0.4, -0.2) is 66.3 Å². The SMILES string of the molecule is CN(C(=O)CC(C)(C)C)c1ccc2c(c1)nc(NC(=O)Nc1ccc(C#N)cc1F)n2CCCN1CCOCC1. The summed E-state index contributed by atoms with van der Waals surface area (Å²) in [6, 6.07) is 10.6. The van der Waals surface area contributed by atoms with Crippen LogP contribution in [0.15, 0.2) is 36.4 Å². The zero-order valence-electron chi connectivity index (χ0n) is 23.5. The molecule has 1 aliphatic heterocycles. The molecule has 212 valence electrons. The van der Waals surface area contributed by atoms with E-state index in [1.807, 2.05) is 49.6 Å². The zero-order chi connectivity index (χ0) is 28.9. The lowest BCUT2D eigenvalue weighted by atomic mass is 9.91. The van der Waals surface area contributed by atoms with E-state index in [9.17, 15) is 14.0 Å². The Kier molecular flexibility index (Phi) is 9.02. The molecule has 10 nitrogen and oxygen atoms in total. The molecule has 1 aliphatic rings. The Morgan fingerprint density at radius 2 is 1.88 bits per heavy atom. The number of hydrogen-bond donors (Lipinski definition) is 2. The second-order valence-corrected chi connectivity index (χ2v) is 11.1. The fourth-order valence-electron chi connectivity index (χ4n) is 4.58. The van der Waals surface area contributed by atoms with Crippen LogP contribution in [0.5, 0.6) is 0 Å². The summed E-state index contributed by atoms with van der Waals surface area (Å²) in [5.41, 5.74) is 2.10. The molecular weight excluding hydrogens is 513 g/mol. The Morgan fingerprint density at radius 3 is 2.55 bits per heavy atom. The number of carbonyl (C=O) groups is 2. The van der Waals surface area contributed by atoms with E-state index in [0.717, 1.165) is 50.9 Å². The minimum atomic E-state index is -0.708. The number of aromatic nitrogens is 2. The molecule has 0 radical (unpaired) electrons. The van der Waals surface area contributed by atoms with E-state index in [1.165, 1.54) is 12.1 Å². The first-order valence-electron chi connectivity index (χ1n) is 13.4. The zero-order valence-corrected chi connectivity index (χ0v) is 23.5. The number of nitrogens with one attached hydrogen (secondary N) is 2. The van der Waals surface area contributed by atoms with Crippen LogP contribution in [0, 0.1) is 22.6 Å². The summed E-state index contributed by atoms with van der Waals surface area (Å²) in [5.74, 6) is -0.399. The molecule has 2 heterocycles. The molecule has 3 aromatic rings. The molecule has 1 aromatic heterocycles. The fourth-order valence-corrected chi connectivity index (χ4v) is 4.58. The number of hydrogen-bond acceptors (Lipinski definition) is 6. The second-order valence-electron chi connectivity index (χ2n) is 11.1. The summed E-state index contributed by atoms with van der Waals surface area (Å²) < 4.78 is 21.7. The smallest absolute Gasteiger partial charge is 0.326 e. The van der Waals surface area contributed by atoms with E-state index in [4.69, 9.17) is 10.00 Å². The van der Waals surface area contributed by atoms with Crippen LogP contribution in [0.2, 0.25) is 0 Å². The molecule has 1 saturated heterocycles. The first kappa shape index (κ1) is 29.0. The first-order chi connectivity index (χ1) is 19.0. The highest BCUT2D eigenvalue weighted by atomic mass is 19.1. The number of benzene rings is 2. The second kappa shape index (κ2) is 12.4. The molecule has 0 spiro atoms. The van der Waals surface area contributed by atoms with Crippen LogP contribution >= 0.6 is 0 Å². The van der Waals surface area contributed by atoms with E-state index < -0.39 is 11.8 Å². The van der Waals surface area contributed by atoms with Crippen molar-refractivity contribution in [1.29, 1.82) is 5.26 Å². The van der Waals surface area contributed by atoms with Crippen LogP contribution in [0.4, 0.5) is 26.5 Å². The molecule has 3 amide bonds. The van der Waals surface area contributed by atoms with Gasteiger partial charge in [0.05, 0.1) is 41.6 Å². The maximum absolute atomic E-state index is 14.4. The van der Waals surface area contributed by atoms with Gasteiger partial charge in [-0.2, -0.15) is 5.26 Å². The lowest BCUT2D eigenvalue weighted by Crippen LogP contribution is -2.37. The van der Waals surface area contributed by atoms with Crippen LogP contribution < -0.4 is 15.5 Å². The third kappa shape index (κ3) is 7.34. The number of ether oxygens (including phenoxy) is 1. The van der Waals surface area contributed by atoms with E-state index in [2.05, 4.69) is 20.5 Å². The molecule has 1 fully saturated rings. The van der Waals surface area contributed by atoms with Crippen molar-refractivity contribution in [2.45, 2.75) is 40.2 Å². The van der Waals surface area contributed by atoms with Crippen LogP contribution in [0.1, 0.15) is 39.2 Å². The molecule has 0 unspecified atom stereocenters. The molecule has 11 heteroatoms. The maximum Gasteiger partial charge on any atom is 0.326 e. The standard InChI is InChI=1S/C29H36FN7O3/c1-29(2,3)18-26(38)35(4)21-7-9-25-24(17-21)32-27(37(25)11-5-10-36-12-14-40-15-13-36)34-28(39)33-23-8-6-20(19-31)16-22(23)30/h6-9,16-17H,5,10-15,18H2,1-4H3,(H2,32,33,34,39). The lowest BCUT2D eigenvalue weighted by molar-refractivity contribution is -0.120. The van der Waals surface area contributed by atoms with Gasteiger partial charge in [0.1, 0.15) is 5.82 Å². The quantitative estimate of drug-likeness (QED) is 0.417. The summed E-state index contributed by atoms with van der Waals surface area (Å²) in [5, 5.41) is 14.2. The highest BCUT2D eigenvalue weighted by Gasteiger charge is 2.21. The van der Waals surface area contributed by atoms with Gasteiger partial charge in [0.15, 0.2) is 0 Å². The van der Waals surface area contributed by atoms with Crippen LogP contribution in [0.25, 0.3) is 11.0 Å². The van der Waals surface area contributed by atoms with Crippen LogP contribution in [-0.2, 0) is 16.1 Å². The van der Waals surface area contributed by atoms with Gasteiger partial charge >= 0.3 is 6.03 Å². The normalized spacial score (nSPS) is 14.1. The van der Waals surface area contributed by atoms with Crippen molar-refractivity contribution < 1.29 is 18.7 Å². The van der Waals surface area contributed by atoms with Crippen LogP contribution in [0.3, 0.4) is 0 Å². The molecule has 4 rings (SSSR count). The average Bonchev–Trinajstić information content (AvgIpc) is 3.24. The number of morpholine rings is 1. The average molecular weight is 550 g/mol. The van der Waals surface area contributed by atoms with E-state index in [-0.39, 0.29) is 22.6 Å². The van der Waals surface area contributed by atoms with Crippen molar-refractivity contribution in [3.63, 3.8) is 0 Å². The molecule has 0 atom stereocenters. The summed E-state index contributed by atoms with van der Waals surface area (Å²) in [6.45, 7) is 10.7. The lowest BCUT2D eigenvalue weighted by Gasteiger charge is -2.26. The molecular formula is C29H36FN7O3. The number of rotatable bonds is 8. The number of carbonyl (C=O) groups excluding carboxylic acids is 2. The van der Waals surface area contributed by atoms with Gasteiger partial charge in [-0.1, -0.05) is 20.8 Å². The summed E-state index contributed by atoms with van der Waals surface area (Å²) in [4.78, 5) is 34.3. The fraction of sp³-hybridized carbons (Fsp3) is 0.448. The van der Waals surface area contributed by atoms with Crippen molar-refractivity contribution in [3.05, 3.63) is 47.8 Å². The Bertz CT molecular complexity index is 1420. The van der Waals surface area contributed by atoms with Gasteiger partial charge in [-0.15, -0.1) is 0 Å². The largest absolute Gasteiger partial charge is 0.379 e. The highest BCUT2D eigenvalue weighted by Crippen LogP contribution is 2.28. The van der Waals surface area contributed by atoms with Crippen molar-refractivity contribution >= 4 is 40.3 Å². The maximum atomic E-state index is 14.4. The van der Waals surface area contributed by atoms with Crippen molar-refractivity contribution in [3.8, 4) is 6.07 Å². The first-order valence-corrected chi connectivity index (χ1v) is 13.4. The minimum Gasteiger partial charge on any atom is -0.379 e. The van der Waals surface area contributed by atoms with E-state index in [1.54, 1.807) is 11.9 Å². The highest BCUT2D eigenvalue weighted by molar-refractivity contribution is 6.00. The predicted octanol–water partition coefficient (Wildman–Crippen LogP) is 4.81.